The molecule has 0 radical (unpaired) electrons. The molecule has 0 aliphatic carbocycles. The molecule has 5 rings (SSSR count). The molecule has 0 aliphatic heterocycles. The topological polar surface area (TPSA) is 67.2 Å². The number of anilines is 1. The molecule has 0 aliphatic rings. The summed E-state index contributed by atoms with van der Waals surface area (Å²) < 4.78 is 6.88. The van der Waals surface area contributed by atoms with Gasteiger partial charge in [0.25, 0.3) is 0 Å². The molecule has 2 aromatic heterocycles. The second kappa shape index (κ2) is 10.6. The van der Waals surface area contributed by atoms with Gasteiger partial charge in [-0.05, 0) is 66.8 Å². The lowest BCUT2D eigenvalue weighted by Crippen LogP contribution is -2.32. The number of amides is 1. The Kier molecular flexibility index (Phi) is 7.16. The van der Waals surface area contributed by atoms with E-state index in [1.54, 1.807) is 41.7 Å². The molecular formula is C27H17Cl2N3O2S2. The molecule has 36 heavy (non-hydrogen) atoms. The number of hydrogen-bond acceptors (Lipinski definition) is 5. The van der Waals surface area contributed by atoms with Gasteiger partial charge in [0.05, 0.1) is 25.9 Å². The van der Waals surface area contributed by atoms with Gasteiger partial charge < -0.3 is 9.73 Å². The second-order valence-electron chi connectivity index (χ2n) is 7.61. The highest BCUT2D eigenvalue weighted by Gasteiger charge is 2.13. The molecular weight excluding hydrogens is 533 g/mol. The van der Waals surface area contributed by atoms with E-state index in [0.717, 1.165) is 26.5 Å². The number of carbonyl (C=O) groups is 1. The van der Waals surface area contributed by atoms with Crippen LogP contribution in [0, 0.1) is 0 Å². The standard InChI is InChI=1S/C27H17Cl2N3O2S2/c28-19-8-5-7-18(25(19)29)22-14-12-16(34-22)13-15-24(33)32-27(35)31-20-9-2-1-6-17(20)26-30-21-10-3-4-11-23(21)36-26/h1-15H,(H2,31,32,33,35). The number of halogens is 2. The fourth-order valence-electron chi connectivity index (χ4n) is 3.51. The van der Waals surface area contributed by atoms with Crippen molar-refractivity contribution in [3.63, 3.8) is 0 Å². The molecule has 3 aromatic carbocycles. The van der Waals surface area contributed by atoms with Gasteiger partial charge in [-0.25, -0.2) is 4.98 Å². The van der Waals surface area contributed by atoms with Gasteiger partial charge in [-0.2, -0.15) is 0 Å². The van der Waals surface area contributed by atoms with E-state index in [-0.39, 0.29) is 5.11 Å². The Balaban J connectivity index is 1.25. The highest BCUT2D eigenvalue weighted by atomic mass is 35.5. The van der Waals surface area contributed by atoms with Crippen LogP contribution in [0.1, 0.15) is 5.76 Å². The van der Waals surface area contributed by atoms with Crippen LogP contribution in [-0.4, -0.2) is 16.0 Å². The van der Waals surface area contributed by atoms with Crippen LogP contribution in [-0.2, 0) is 4.79 Å². The van der Waals surface area contributed by atoms with Crippen molar-refractivity contribution < 1.29 is 9.21 Å². The first-order valence-corrected chi connectivity index (χ1v) is 12.8. The molecule has 0 atom stereocenters. The molecule has 2 heterocycles. The Morgan fingerprint density at radius 1 is 0.944 bits per heavy atom. The molecule has 0 saturated carbocycles. The van der Waals surface area contributed by atoms with Crippen molar-refractivity contribution in [3.05, 3.63) is 101 Å². The number of fused-ring (bicyclic) bond motifs is 1. The fraction of sp³-hybridized carbons (Fsp3) is 0. The molecule has 2 N–H and O–H groups in total. The van der Waals surface area contributed by atoms with Crippen LogP contribution < -0.4 is 10.6 Å². The van der Waals surface area contributed by atoms with Gasteiger partial charge in [0.1, 0.15) is 16.5 Å². The number of rotatable bonds is 5. The molecule has 9 heteroatoms. The third-order valence-electron chi connectivity index (χ3n) is 5.18. The van der Waals surface area contributed by atoms with Gasteiger partial charge in [0.15, 0.2) is 5.11 Å². The molecule has 0 spiro atoms. The normalized spacial score (nSPS) is 11.2. The first-order valence-electron chi connectivity index (χ1n) is 10.8. The SMILES string of the molecule is O=C(C=Cc1ccc(-c2cccc(Cl)c2Cl)o1)NC(=S)Nc1ccccc1-c1nc2ccccc2s1. The highest BCUT2D eigenvalue weighted by Crippen LogP contribution is 2.35. The van der Waals surface area contributed by atoms with E-state index in [9.17, 15) is 4.79 Å². The number of furan rings is 1. The number of thiazole rings is 1. The van der Waals surface area contributed by atoms with Crippen molar-refractivity contribution in [2.45, 2.75) is 0 Å². The van der Waals surface area contributed by atoms with Gasteiger partial charge in [0.2, 0.25) is 5.91 Å². The molecule has 0 bridgehead atoms. The van der Waals surface area contributed by atoms with E-state index in [0.29, 0.717) is 27.1 Å². The number of benzene rings is 3. The van der Waals surface area contributed by atoms with Crippen LogP contribution in [0.3, 0.4) is 0 Å². The van der Waals surface area contributed by atoms with Gasteiger partial charge >= 0.3 is 0 Å². The number of para-hydroxylation sites is 2. The Labute approximate surface area is 226 Å². The van der Waals surface area contributed by atoms with Gasteiger partial charge in [-0.1, -0.05) is 53.5 Å². The van der Waals surface area contributed by atoms with Crippen LogP contribution in [0.2, 0.25) is 10.0 Å². The molecule has 5 aromatic rings. The average Bonchev–Trinajstić information content (AvgIpc) is 3.52. The van der Waals surface area contributed by atoms with Gasteiger partial charge in [-0.15, -0.1) is 11.3 Å². The maximum atomic E-state index is 12.4. The predicted molar refractivity (Wildman–Crippen MR) is 153 cm³/mol. The number of nitrogens with one attached hydrogen (secondary N) is 2. The maximum absolute atomic E-state index is 12.4. The summed E-state index contributed by atoms with van der Waals surface area (Å²) in [6, 6.07) is 24.5. The van der Waals surface area contributed by atoms with Crippen LogP contribution >= 0.6 is 46.8 Å². The van der Waals surface area contributed by atoms with Crippen LogP contribution in [0.15, 0.2) is 89.4 Å². The minimum Gasteiger partial charge on any atom is -0.457 e. The fourth-order valence-corrected chi connectivity index (χ4v) is 5.12. The van der Waals surface area contributed by atoms with Crippen molar-refractivity contribution in [2.24, 2.45) is 0 Å². The van der Waals surface area contributed by atoms with Gasteiger partial charge in [-0.3, -0.25) is 10.1 Å². The van der Waals surface area contributed by atoms with Gasteiger partial charge in [0, 0.05) is 17.2 Å². The summed E-state index contributed by atoms with van der Waals surface area (Å²) in [6.07, 6.45) is 2.89. The molecule has 5 nitrogen and oxygen atoms in total. The lowest BCUT2D eigenvalue weighted by atomic mass is 10.2. The first kappa shape index (κ1) is 24.2. The monoisotopic (exact) mass is 549 g/mol. The van der Waals surface area contributed by atoms with E-state index in [2.05, 4.69) is 10.6 Å². The summed E-state index contributed by atoms with van der Waals surface area (Å²) in [5, 5.41) is 7.64. The molecule has 0 fully saturated rings. The van der Waals surface area contributed by atoms with Crippen LogP contribution in [0.4, 0.5) is 5.69 Å². The van der Waals surface area contributed by atoms with Crippen molar-refractivity contribution in [3.8, 4) is 21.9 Å². The lowest BCUT2D eigenvalue weighted by Gasteiger charge is -2.11. The predicted octanol–water partition coefficient (Wildman–Crippen LogP) is 8.06. The van der Waals surface area contributed by atoms with Crippen LogP contribution in [0.5, 0.6) is 0 Å². The van der Waals surface area contributed by atoms with E-state index in [1.807, 2.05) is 54.6 Å². The molecule has 0 saturated heterocycles. The largest absolute Gasteiger partial charge is 0.457 e. The summed E-state index contributed by atoms with van der Waals surface area (Å²) in [5.41, 5.74) is 3.26. The van der Waals surface area contributed by atoms with Crippen molar-refractivity contribution in [2.75, 3.05) is 5.32 Å². The smallest absolute Gasteiger partial charge is 0.250 e. The first-order chi connectivity index (χ1) is 17.5. The summed E-state index contributed by atoms with van der Waals surface area (Å²) in [6.45, 7) is 0. The molecule has 178 valence electrons. The summed E-state index contributed by atoms with van der Waals surface area (Å²) in [7, 11) is 0. The third kappa shape index (κ3) is 5.34. The van der Waals surface area contributed by atoms with Crippen molar-refractivity contribution >= 4 is 79.8 Å². The Morgan fingerprint density at radius 3 is 2.58 bits per heavy atom. The quantitative estimate of drug-likeness (QED) is 0.171. The Morgan fingerprint density at radius 2 is 1.72 bits per heavy atom. The van der Waals surface area contributed by atoms with E-state index < -0.39 is 5.91 Å². The minimum absolute atomic E-state index is 0.170. The number of nitrogens with zero attached hydrogens (tertiary/aromatic N) is 1. The Hall–Kier alpha value is -3.49. The summed E-state index contributed by atoms with van der Waals surface area (Å²) in [4.78, 5) is 17.2. The van der Waals surface area contributed by atoms with E-state index >= 15 is 0 Å². The zero-order valence-corrected chi connectivity index (χ0v) is 21.6. The van der Waals surface area contributed by atoms with Crippen molar-refractivity contribution in [1.82, 2.24) is 10.3 Å². The summed E-state index contributed by atoms with van der Waals surface area (Å²) in [5.74, 6) is 0.631. The lowest BCUT2D eigenvalue weighted by molar-refractivity contribution is -0.115. The van der Waals surface area contributed by atoms with E-state index in [4.69, 9.17) is 44.8 Å². The Bertz CT molecular complexity index is 1590. The number of thiocarbonyl (C=S) groups is 1. The highest BCUT2D eigenvalue weighted by molar-refractivity contribution is 7.80. The number of hydrogen-bond donors (Lipinski definition) is 2. The minimum atomic E-state index is -0.399. The third-order valence-corrected chi connectivity index (χ3v) is 7.27. The number of aromatic nitrogens is 1. The number of carbonyl (C=O) groups excluding carboxylic acids is 1. The van der Waals surface area contributed by atoms with E-state index in [1.165, 1.54) is 6.08 Å². The zero-order chi connectivity index (χ0) is 25.1. The zero-order valence-electron chi connectivity index (χ0n) is 18.5. The maximum Gasteiger partial charge on any atom is 0.250 e. The molecule has 0 unspecified atom stereocenters. The van der Waals surface area contributed by atoms with Crippen LogP contribution in [0.25, 0.3) is 38.2 Å². The second-order valence-corrected chi connectivity index (χ2v) is 9.84. The summed E-state index contributed by atoms with van der Waals surface area (Å²) >= 11 is 19.3. The average molecular weight is 550 g/mol. The van der Waals surface area contributed by atoms with Crippen molar-refractivity contribution in [1.29, 1.82) is 0 Å². The molecule has 1 amide bonds.